The van der Waals surface area contributed by atoms with Crippen LogP contribution in [0.1, 0.15) is 18.5 Å². The van der Waals surface area contributed by atoms with E-state index >= 15 is 0 Å². The number of rotatable bonds is 5. The van der Waals surface area contributed by atoms with Gasteiger partial charge in [0.1, 0.15) is 0 Å². The van der Waals surface area contributed by atoms with Crippen molar-refractivity contribution in [1.82, 2.24) is 15.5 Å². The molecule has 1 aromatic heterocycles. The molecule has 1 aromatic rings. The van der Waals surface area contributed by atoms with E-state index in [2.05, 4.69) is 15.5 Å². The van der Waals surface area contributed by atoms with Gasteiger partial charge < -0.3 is 5.32 Å². The van der Waals surface area contributed by atoms with Crippen LogP contribution in [0.2, 0.25) is 0 Å². The molecule has 1 amide bonds. The number of nitrogens with one attached hydrogen (secondary N) is 2. The third-order valence-corrected chi connectivity index (χ3v) is 2.66. The van der Waals surface area contributed by atoms with Crippen molar-refractivity contribution in [1.29, 1.82) is 0 Å². The van der Waals surface area contributed by atoms with Crippen molar-refractivity contribution < 1.29 is 13.6 Å². The molecule has 1 heterocycles. The lowest BCUT2D eigenvalue weighted by molar-refractivity contribution is -0.121. The summed E-state index contributed by atoms with van der Waals surface area (Å²) in [5.74, 6) is -3.66. The van der Waals surface area contributed by atoms with E-state index in [4.69, 9.17) is 0 Å². The van der Waals surface area contributed by atoms with Gasteiger partial charge in [-0.1, -0.05) is 0 Å². The maximum absolute atomic E-state index is 12.5. The lowest BCUT2D eigenvalue weighted by Gasteiger charge is -2.03. The van der Waals surface area contributed by atoms with E-state index in [9.17, 15) is 13.6 Å². The zero-order valence-electron chi connectivity index (χ0n) is 8.67. The molecule has 4 nitrogen and oxygen atoms in total. The lowest BCUT2D eigenvalue weighted by atomic mass is 10.2. The van der Waals surface area contributed by atoms with Gasteiger partial charge in [0.05, 0.1) is 0 Å². The Bertz CT molecular complexity index is 364. The zero-order chi connectivity index (χ0) is 11.6. The van der Waals surface area contributed by atoms with Gasteiger partial charge in [0, 0.05) is 43.6 Å². The topological polar surface area (TPSA) is 57.8 Å². The SMILES string of the molecule is O=C(CC1CC1(F)F)NCCc1ccn[nH]1. The van der Waals surface area contributed by atoms with Crippen LogP contribution in [0.4, 0.5) is 8.78 Å². The molecule has 1 atom stereocenters. The van der Waals surface area contributed by atoms with Gasteiger partial charge in [0.2, 0.25) is 5.91 Å². The largest absolute Gasteiger partial charge is 0.356 e. The van der Waals surface area contributed by atoms with E-state index in [1.54, 1.807) is 12.3 Å². The molecule has 0 radical (unpaired) electrons. The minimum absolute atomic E-state index is 0.0734. The molecule has 0 aliphatic heterocycles. The Hall–Kier alpha value is -1.46. The van der Waals surface area contributed by atoms with Crippen molar-refractivity contribution in [2.75, 3.05) is 6.54 Å². The molecular weight excluding hydrogens is 216 g/mol. The van der Waals surface area contributed by atoms with E-state index in [0.29, 0.717) is 13.0 Å². The highest BCUT2D eigenvalue weighted by Crippen LogP contribution is 2.50. The van der Waals surface area contributed by atoms with E-state index in [1.165, 1.54) is 0 Å². The maximum atomic E-state index is 12.5. The first kappa shape index (κ1) is 11.0. The molecule has 0 saturated heterocycles. The smallest absolute Gasteiger partial charge is 0.252 e. The molecule has 1 aliphatic rings. The van der Waals surface area contributed by atoms with Crippen molar-refractivity contribution in [3.63, 3.8) is 0 Å². The van der Waals surface area contributed by atoms with Gasteiger partial charge in [0.15, 0.2) is 0 Å². The molecule has 6 heteroatoms. The van der Waals surface area contributed by atoms with Crippen LogP contribution >= 0.6 is 0 Å². The van der Waals surface area contributed by atoms with Crippen LogP contribution in [-0.4, -0.2) is 28.6 Å². The highest BCUT2D eigenvalue weighted by Gasteiger charge is 2.57. The summed E-state index contributed by atoms with van der Waals surface area (Å²) in [5, 5.41) is 9.13. The number of carbonyl (C=O) groups excluding carboxylic acids is 1. The summed E-state index contributed by atoms with van der Waals surface area (Å²) in [6, 6.07) is 1.81. The fourth-order valence-electron chi connectivity index (χ4n) is 1.55. The number of H-pyrrole nitrogens is 1. The van der Waals surface area contributed by atoms with Gasteiger partial charge in [-0.15, -0.1) is 0 Å². The van der Waals surface area contributed by atoms with Crippen LogP contribution in [0.25, 0.3) is 0 Å². The normalized spacial score (nSPS) is 21.8. The van der Waals surface area contributed by atoms with Gasteiger partial charge in [-0.3, -0.25) is 9.89 Å². The molecule has 0 bridgehead atoms. The highest BCUT2D eigenvalue weighted by atomic mass is 19.3. The molecule has 0 spiro atoms. The van der Waals surface area contributed by atoms with Crippen molar-refractivity contribution in [3.05, 3.63) is 18.0 Å². The van der Waals surface area contributed by atoms with Gasteiger partial charge in [-0.25, -0.2) is 8.78 Å². The van der Waals surface area contributed by atoms with Crippen LogP contribution in [-0.2, 0) is 11.2 Å². The number of amides is 1. The summed E-state index contributed by atoms with van der Waals surface area (Å²) >= 11 is 0. The Labute approximate surface area is 91.4 Å². The Morgan fingerprint density at radius 3 is 3.00 bits per heavy atom. The monoisotopic (exact) mass is 229 g/mol. The fourth-order valence-corrected chi connectivity index (χ4v) is 1.55. The average Bonchev–Trinajstić information content (AvgIpc) is 2.68. The Morgan fingerprint density at radius 2 is 2.44 bits per heavy atom. The number of aromatic nitrogens is 2. The van der Waals surface area contributed by atoms with E-state index in [1.807, 2.05) is 0 Å². The maximum Gasteiger partial charge on any atom is 0.252 e. The number of carbonyl (C=O) groups is 1. The van der Waals surface area contributed by atoms with Gasteiger partial charge in [-0.05, 0) is 6.07 Å². The Morgan fingerprint density at radius 1 is 1.69 bits per heavy atom. The quantitative estimate of drug-likeness (QED) is 0.794. The van der Waals surface area contributed by atoms with E-state index < -0.39 is 11.8 Å². The third kappa shape index (κ3) is 2.77. The molecule has 16 heavy (non-hydrogen) atoms. The van der Waals surface area contributed by atoms with Crippen LogP contribution in [0.5, 0.6) is 0 Å². The Kier molecular flexibility index (Phi) is 2.89. The first-order valence-electron chi connectivity index (χ1n) is 5.21. The molecule has 1 fully saturated rings. The number of aromatic amines is 1. The minimum Gasteiger partial charge on any atom is -0.356 e. The summed E-state index contributed by atoms with van der Waals surface area (Å²) in [6.45, 7) is 0.444. The summed E-state index contributed by atoms with van der Waals surface area (Å²) in [5.41, 5.74) is 0.914. The van der Waals surface area contributed by atoms with Crippen LogP contribution in [0, 0.1) is 5.92 Å². The standard InChI is InChI=1S/C10H13F2N3O/c11-10(12)6-7(10)5-9(16)13-3-1-8-2-4-14-15-8/h2,4,7H,1,3,5-6H2,(H,13,16)(H,14,15). The predicted molar refractivity (Wildman–Crippen MR) is 53.0 cm³/mol. The number of alkyl halides is 2. The molecule has 88 valence electrons. The lowest BCUT2D eigenvalue weighted by Crippen LogP contribution is -2.26. The van der Waals surface area contributed by atoms with Crippen LogP contribution in [0.3, 0.4) is 0 Å². The summed E-state index contributed by atoms with van der Waals surface area (Å²) < 4.78 is 25.0. The second kappa shape index (κ2) is 4.19. The minimum atomic E-state index is -2.61. The molecule has 1 aliphatic carbocycles. The highest BCUT2D eigenvalue weighted by molar-refractivity contribution is 5.76. The number of hydrogen-bond acceptors (Lipinski definition) is 2. The molecule has 1 unspecified atom stereocenters. The van der Waals surface area contributed by atoms with E-state index in [0.717, 1.165) is 5.69 Å². The summed E-state index contributed by atoms with van der Waals surface area (Å²) in [4.78, 5) is 11.2. The molecule has 2 rings (SSSR count). The predicted octanol–water partition coefficient (Wildman–Crippen LogP) is 1.11. The number of hydrogen-bond donors (Lipinski definition) is 2. The molecule has 1 saturated carbocycles. The van der Waals surface area contributed by atoms with Crippen LogP contribution in [0.15, 0.2) is 12.3 Å². The molecule has 2 N–H and O–H groups in total. The fraction of sp³-hybridized carbons (Fsp3) is 0.600. The van der Waals surface area contributed by atoms with Crippen LogP contribution < -0.4 is 5.32 Å². The summed E-state index contributed by atoms with van der Waals surface area (Å²) in [6.07, 6.45) is 2.03. The van der Waals surface area contributed by atoms with Gasteiger partial charge in [-0.2, -0.15) is 5.10 Å². The molecular formula is C10H13F2N3O. The summed E-state index contributed by atoms with van der Waals surface area (Å²) in [7, 11) is 0. The van der Waals surface area contributed by atoms with E-state index in [-0.39, 0.29) is 18.7 Å². The third-order valence-electron chi connectivity index (χ3n) is 2.66. The first-order valence-corrected chi connectivity index (χ1v) is 5.21. The number of halogens is 2. The van der Waals surface area contributed by atoms with Crippen molar-refractivity contribution in [2.45, 2.75) is 25.2 Å². The number of nitrogens with zero attached hydrogens (tertiary/aromatic N) is 1. The Balaban J connectivity index is 1.61. The first-order chi connectivity index (χ1) is 7.58. The van der Waals surface area contributed by atoms with Crippen molar-refractivity contribution >= 4 is 5.91 Å². The second-order valence-corrected chi connectivity index (χ2v) is 4.05. The average molecular weight is 229 g/mol. The molecule has 0 aromatic carbocycles. The van der Waals surface area contributed by atoms with Gasteiger partial charge >= 0.3 is 0 Å². The van der Waals surface area contributed by atoms with Crippen molar-refractivity contribution in [2.24, 2.45) is 5.92 Å². The van der Waals surface area contributed by atoms with Crippen molar-refractivity contribution in [3.8, 4) is 0 Å². The van der Waals surface area contributed by atoms with Gasteiger partial charge in [0.25, 0.3) is 5.92 Å². The zero-order valence-corrected chi connectivity index (χ0v) is 8.67. The second-order valence-electron chi connectivity index (χ2n) is 4.05.